The number of benzene rings is 1. The van der Waals surface area contributed by atoms with E-state index in [9.17, 15) is 5.11 Å². The van der Waals surface area contributed by atoms with Crippen LogP contribution in [-0.4, -0.2) is 37.5 Å². The van der Waals surface area contributed by atoms with E-state index in [-0.39, 0.29) is 6.10 Å². The fourth-order valence-corrected chi connectivity index (χ4v) is 2.65. The van der Waals surface area contributed by atoms with Crippen molar-refractivity contribution in [3.63, 3.8) is 0 Å². The van der Waals surface area contributed by atoms with Crippen molar-refractivity contribution in [1.29, 1.82) is 0 Å². The predicted molar refractivity (Wildman–Crippen MR) is 76.7 cm³/mol. The molecule has 0 unspecified atom stereocenters. The summed E-state index contributed by atoms with van der Waals surface area (Å²) in [7, 11) is 0. The van der Waals surface area contributed by atoms with Crippen LogP contribution in [0.4, 0.5) is 0 Å². The van der Waals surface area contributed by atoms with Crippen LogP contribution < -0.4 is 9.64 Å². The molecule has 0 radical (unpaired) electrons. The van der Waals surface area contributed by atoms with Crippen LogP contribution in [0.5, 0.6) is 5.75 Å². The van der Waals surface area contributed by atoms with Gasteiger partial charge in [0.25, 0.3) is 0 Å². The van der Waals surface area contributed by atoms with Gasteiger partial charge < -0.3 is 14.7 Å². The van der Waals surface area contributed by atoms with Crippen molar-refractivity contribution in [3.05, 3.63) is 29.8 Å². The number of hydrogen-bond acceptors (Lipinski definition) is 2. The second-order valence-electron chi connectivity index (χ2n) is 5.65. The van der Waals surface area contributed by atoms with Gasteiger partial charge in [0.15, 0.2) is 0 Å². The summed E-state index contributed by atoms with van der Waals surface area (Å²) in [6.07, 6.45) is 4.91. The number of aryl methyl sites for hydroxylation is 1. The van der Waals surface area contributed by atoms with Crippen LogP contribution in [0.3, 0.4) is 0 Å². The van der Waals surface area contributed by atoms with Gasteiger partial charge in [-0.15, -0.1) is 0 Å². The lowest BCUT2D eigenvalue weighted by Crippen LogP contribution is -3.13. The Morgan fingerprint density at radius 2 is 1.74 bits per heavy atom. The highest BCUT2D eigenvalue weighted by Gasteiger charge is 2.17. The quantitative estimate of drug-likeness (QED) is 0.838. The van der Waals surface area contributed by atoms with E-state index in [1.807, 2.05) is 24.3 Å². The molecule has 0 aliphatic carbocycles. The summed E-state index contributed by atoms with van der Waals surface area (Å²) in [5.74, 6) is 0.843. The molecule has 3 heteroatoms. The van der Waals surface area contributed by atoms with E-state index in [4.69, 9.17) is 4.74 Å². The Morgan fingerprint density at radius 1 is 1.11 bits per heavy atom. The number of aliphatic hydroxyl groups excluding tert-OH is 1. The molecular weight excluding hydrogens is 238 g/mol. The SMILES string of the molecule is Cc1ccc(OC[C@H](O)C[NH+]2CCCCCC2)cc1. The van der Waals surface area contributed by atoms with Gasteiger partial charge in [-0.25, -0.2) is 0 Å². The van der Waals surface area contributed by atoms with Crippen LogP contribution >= 0.6 is 0 Å². The average Bonchev–Trinajstić information content (AvgIpc) is 2.67. The maximum Gasteiger partial charge on any atom is 0.137 e. The zero-order chi connectivity index (χ0) is 13.5. The largest absolute Gasteiger partial charge is 0.491 e. The fourth-order valence-electron chi connectivity index (χ4n) is 2.65. The highest BCUT2D eigenvalue weighted by atomic mass is 16.5. The lowest BCUT2D eigenvalue weighted by Gasteiger charge is -2.20. The molecule has 2 N–H and O–H groups in total. The van der Waals surface area contributed by atoms with E-state index < -0.39 is 0 Å². The number of likely N-dealkylation sites (tertiary alicyclic amines) is 1. The zero-order valence-corrected chi connectivity index (χ0v) is 11.9. The monoisotopic (exact) mass is 264 g/mol. The van der Waals surface area contributed by atoms with Crippen molar-refractivity contribution in [1.82, 2.24) is 0 Å². The normalized spacial score (nSPS) is 18.8. The Kier molecular flexibility index (Phi) is 5.67. The van der Waals surface area contributed by atoms with Crippen molar-refractivity contribution in [2.45, 2.75) is 38.7 Å². The van der Waals surface area contributed by atoms with Gasteiger partial charge in [0.05, 0.1) is 13.1 Å². The highest BCUT2D eigenvalue weighted by Crippen LogP contribution is 2.11. The molecule has 0 aromatic heterocycles. The lowest BCUT2D eigenvalue weighted by molar-refractivity contribution is -0.902. The van der Waals surface area contributed by atoms with Gasteiger partial charge in [-0.05, 0) is 44.7 Å². The molecule has 1 fully saturated rings. The molecular formula is C16H26NO2+. The first kappa shape index (κ1) is 14.4. The Balaban J connectivity index is 1.71. The first-order chi connectivity index (χ1) is 9.24. The molecule has 0 saturated carbocycles. The second kappa shape index (κ2) is 7.51. The van der Waals surface area contributed by atoms with Crippen molar-refractivity contribution in [2.24, 2.45) is 0 Å². The van der Waals surface area contributed by atoms with Crippen molar-refractivity contribution >= 4 is 0 Å². The molecule has 2 rings (SSSR count). The summed E-state index contributed by atoms with van der Waals surface area (Å²) in [6, 6.07) is 7.98. The first-order valence-corrected chi connectivity index (χ1v) is 7.45. The number of ether oxygens (including phenoxy) is 1. The molecule has 1 aliphatic rings. The summed E-state index contributed by atoms with van der Waals surface area (Å²) in [6.45, 7) is 5.66. The van der Waals surface area contributed by atoms with Gasteiger partial charge in [-0.3, -0.25) is 0 Å². The summed E-state index contributed by atoms with van der Waals surface area (Å²) >= 11 is 0. The standard InChI is InChI=1S/C16H25NO2/c1-14-6-8-16(9-7-14)19-13-15(18)12-17-10-4-2-3-5-11-17/h6-9,15,18H,2-5,10-13H2,1H3/p+1/t15-/m1/s1. The maximum absolute atomic E-state index is 10.1. The van der Waals surface area contributed by atoms with Gasteiger partial charge in [0.2, 0.25) is 0 Å². The number of rotatable bonds is 5. The van der Waals surface area contributed by atoms with Gasteiger partial charge in [0, 0.05) is 0 Å². The van der Waals surface area contributed by atoms with E-state index in [2.05, 4.69) is 6.92 Å². The molecule has 1 heterocycles. The highest BCUT2D eigenvalue weighted by molar-refractivity contribution is 5.26. The minimum absolute atomic E-state index is 0.366. The minimum atomic E-state index is -0.366. The number of quaternary nitrogens is 1. The summed E-state index contributed by atoms with van der Waals surface area (Å²) in [5.41, 5.74) is 1.22. The van der Waals surface area contributed by atoms with Gasteiger partial charge in [-0.1, -0.05) is 17.7 Å². The van der Waals surface area contributed by atoms with Crippen LogP contribution in [0, 0.1) is 6.92 Å². The number of nitrogens with one attached hydrogen (secondary N) is 1. The zero-order valence-electron chi connectivity index (χ0n) is 11.9. The molecule has 0 bridgehead atoms. The van der Waals surface area contributed by atoms with E-state index in [1.165, 1.54) is 49.2 Å². The Hall–Kier alpha value is -1.06. The third-order valence-electron chi connectivity index (χ3n) is 3.80. The van der Waals surface area contributed by atoms with Crippen LogP contribution in [0.1, 0.15) is 31.2 Å². The van der Waals surface area contributed by atoms with Gasteiger partial charge in [-0.2, -0.15) is 0 Å². The van der Waals surface area contributed by atoms with Crippen LogP contribution in [-0.2, 0) is 0 Å². The fraction of sp³-hybridized carbons (Fsp3) is 0.625. The molecule has 106 valence electrons. The smallest absolute Gasteiger partial charge is 0.137 e. The molecule has 1 aromatic rings. The second-order valence-corrected chi connectivity index (χ2v) is 5.65. The van der Waals surface area contributed by atoms with E-state index in [1.54, 1.807) is 0 Å². The van der Waals surface area contributed by atoms with Crippen molar-refractivity contribution < 1.29 is 14.7 Å². The summed E-state index contributed by atoms with van der Waals surface area (Å²) in [4.78, 5) is 1.53. The Labute approximate surface area is 116 Å². The van der Waals surface area contributed by atoms with Crippen molar-refractivity contribution in [3.8, 4) is 5.75 Å². The third kappa shape index (κ3) is 5.21. The number of hydrogen-bond donors (Lipinski definition) is 2. The number of aliphatic hydroxyl groups is 1. The molecule has 0 amide bonds. The molecule has 0 spiro atoms. The molecule has 19 heavy (non-hydrogen) atoms. The molecule has 3 nitrogen and oxygen atoms in total. The molecule has 1 saturated heterocycles. The van der Waals surface area contributed by atoms with E-state index >= 15 is 0 Å². The topological polar surface area (TPSA) is 33.9 Å². The van der Waals surface area contributed by atoms with Crippen LogP contribution in [0.15, 0.2) is 24.3 Å². The minimum Gasteiger partial charge on any atom is -0.491 e. The summed E-state index contributed by atoms with van der Waals surface area (Å²) in [5, 5.41) is 10.1. The lowest BCUT2D eigenvalue weighted by atomic mass is 10.2. The van der Waals surface area contributed by atoms with E-state index in [0.717, 1.165) is 12.3 Å². The maximum atomic E-state index is 10.1. The average molecular weight is 264 g/mol. The molecule has 1 aliphatic heterocycles. The first-order valence-electron chi connectivity index (χ1n) is 7.45. The van der Waals surface area contributed by atoms with E-state index in [0.29, 0.717) is 6.61 Å². The van der Waals surface area contributed by atoms with Crippen LogP contribution in [0.25, 0.3) is 0 Å². The van der Waals surface area contributed by atoms with Gasteiger partial charge in [0.1, 0.15) is 25.0 Å². The van der Waals surface area contributed by atoms with Gasteiger partial charge >= 0.3 is 0 Å². The Bertz CT molecular complexity index is 356. The summed E-state index contributed by atoms with van der Waals surface area (Å²) < 4.78 is 5.63. The molecule has 1 atom stereocenters. The predicted octanol–water partition coefficient (Wildman–Crippen LogP) is 1.19. The third-order valence-corrected chi connectivity index (χ3v) is 3.80. The van der Waals surface area contributed by atoms with Crippen molar-refractivity contribution in [2.75, 3.05) is 26.2 Å². The van der Waals surface area contributed by atoms with Crippen LogP contribution in [0.2, 0.25) is 0 Å². The molecule has 1 aromatic carbocycles. The Morgan fingerprint density at radius 3 is 2.37 bits per heavy atom.